The van der Waals surface area contributed by atoms with E-state index in [1.54, 1.807) is 18.2 Å². The van der Waals surface area contributed by atoms with Crippen LogP contribution >= 0.6 is 11.6 Å². The SMILES string of the molecule is Oc1ccccc1-c1cc(-c2cccc(Cl)c2)c2c(n1)-c1c(O)cccc1C2. The summed E-state index contributed by atoms with van der Waals surface area (Å²) in [4.78, 5) is 4.84. The number of aromatic nitrogens is 1. The van der Waals surface area contributed by atoms with Crippen molar-refractivity contribution in [1.29, 1.82) is 0 Å². The van der Waals surface area contributed by atoms with Gasteiger partial charge in [-0.05, 0) is 58.7 Å². The summed E-state index contributed by atoms with van der Waals surface area (Å²) in [6.07, 6.45) is 0.689. The zero-order valence-corrected chi connectivity index (χ0v) is 15.6. The molecule has 0 saturated heterocycles. The third-order valence-corrected chi connectivity index (χ3v) is 5.41. The summed E-state index contributed by atoms with van der Waals surface area (Å²) < 4.78 is 0. The first-order chi connectivity index (χ1) is 13.6. The maximum Gasteiger partial charge on any atom is 0.125 e. The molecule has 136 valence electrons. The Morgan fingerprint density at radius 2 is 1.57 bits per heavy atom. The van der Waals surface area contributed by atoms with Crippen molar-refractivity contribution < 1.29 is 10.2 Å². The number of phenols is 2. The molecule has 3 aromatic carbocycles. The maximum atomic E-state index is 10.5. The molecule has 1 aliphatic rings. The number of hydrogen-bond acceptors (Lipinski definition) is 3. The van der Waals surface area contributed by atoms with Gasteiger partial charge in [-0.15, -0.1) is 0 Å². The van der Waals surface area contributed by atoms with Crippen molar-refractivity contribution in [3.63, 3.8) is 0 Å². The van der Waals surface area contributed by atoms with Gasteiger partial charge in [0.1, 0.15) is 11.5 Å². The zero-order chi connectivity index (χ0) is 19.3. The zero-order valence-electron chi connectivity index (χ0n) is 14.9. The molecule has 0 radical (unpaired) electrons. The highest BCUT2D eigenvalue weighted by molar-refractivity contribution is 6.30. The van der Waals surface area contributed by atoms with E-state index in [0.717, 1.165) is 33.5 Å². The van der Waals surface area contributed by atoms with Crippen molar-refractivity contribution in [1.82, 2.24) is 4.98 Å². The van der Waals surface area contributed by atoms with Crippen LogP contribution in [-0.4, -0.2) is 15.2 Å². The van der Waals surface area contributed by atoms with E-state index in [-0.39, 0.29) is 11.5 Å². The molecule has 0 amide bonds. The van der Waals surface area contributed by atoms with Crippen molar-refractivity contribution in [3.8, 4) is 45.1 Å². The van der Waals surface area contributed by atoms with Crippen LogP contribution in [0.25, 0.3) is 33.6 Å². The molecule has 1 aromatic heterocycles. The van der Waals surface area contributed by atoms with Crippen LogP contribution < -0.4 is 0 Å². The molecule has 0 unspecified atom stereocenters. The first-order valence-electron chi connectivity index (χ1n) is 9.01. The molecule has 0 fully saturated rings. The normalized spacial score (nSPS) is 11.9. The second-order valence-corrected chi connectivity index (χ2v) is 7.33. The van der Waals surface area contributed by atoms with Crippen molar-refractivity contribution in [2.24, 2.45) is 0 Å². The number of aromatic hydroxyl groups is 2. The summed E-state index contributed by atoms with van der Waals surface area (Å²) in [7, 11) is 0. The quantitative estimate of drug-likeness (QED) is 0.389. The molecule has 5 rings (SSSR count). The molecule has 1 aliphatic carbocycles. The lowest BCUT2D eigenvalue weighted by atomic mass is 9.96. The van der Waals surface area contributed by atoms with Gasteiger partial charge in [0.15, 0.2) is 0 Å². The smallest absolute Gasteiger partial charge is 0.125 e. The molecule has 4 aromatic rings. The number of fused-ring (bicyclic) bond motifs is 3. The number of para-hydroxylation sites is 1. The van der Waals surface area contributed by atoms with Crippen LogP contribution in [0.15, 0.2) is 72.8 Å². The van der Waals surface area contributed by atoms with Crippen LogP contribution in [-0.2, 0) is 6.42 Å². The highest BCUT2D eigenvalue weighted by Crippen LogP contribution is 2.46. The third kappa shape index (κ3) is 2.63. The molecule has 3 nitrogen and oxygen atoms in total. The summed E-state index contributed by atoms with van der Waals surface area (Å²) in [6, 6.07) is 22.4. The molecule has 0 aliphatic heterocycles. The average Bonchev–Trinajstić information content (AvgIpc) is 3.07. The van der Waals surface area contributed by atoms with Crippen molar-refractivity contribution in [2.45, 2.75) is 6.42 Å². The van der Waals surface area contributed by atoms with Crippen LogP contribution in [0.4, 0.5) is 0 Å². The molecular weight excluding hydrogens is 370 g/mol. The number of rotatable bonds is 2. The van der Waals surface area contributed by atoms with Gasteiger partial charge in [0, 0.05) is 22.6 Å². The van der Waals surface area contributed by atoms with Crippen molar-refractivity contribution >= 4 is 11.6 Å². The fourth-order valence-corrected chi connectivity index (χ4v) is 4.09. The van der Waals surface area contributed by atoms with Gasteiger partial charge in [-0.3, -0.25) is 0 Å². The summed E-state index contributed by atoms with van der Waals surface area (Å²) in [6.45, 7) is 0. The van der Waals surface area contributed by atoms with E-state index in [1.165, 1.54) is 0 Å². The molecule has 28 heavy (non-hydrogen) atoms. The maximum absolute atomic E-state index is 10.5. The van der Waals surface area contributed by atoms with E-state index in [0.29, 0.717) is 22.7 Å². The lowest BCUT2D eigenvalue weighted by Gasteiger charge is -2.13. The molecule has 4 heteroatoms. The molecule has 1 heterocycles. The van der Waals surface area contributed by atoms with E-state index >= 15 is 0 Å². The van der Waals surface area contributed by atoms with Crippen molar-refractivity contribution in [2.75, 3.05) is 0 Å². The van der Waals surface area contributed by atoms with Gasteiger partial charge in [0.25, 0.3) is 0 Å². The predicted octanol–water partition coefficient (Wildman–Crippen LogP) is 6.05. The molecule has 0 saturated carbocycles. The van der Waals surface area contributed by atoms with E-state index in [1.807, 2.05) is 54.6 Å². The Morgan fingerprint density at radius 3 is 2.39 bits per heavy atom. The number of hydrogen-bond donors (Lipinski definition) is 2. The van der Waals surface area contributed by atoms with E-state index < -0.39 is 0 Å². The largest absolute Gasteiger partial charge is 0.507 e. The summed E-state index contributed by atoms with van der Waals surface area (Å²) in [5.41, 5.74) is 6.90. The van der Waals surface area contributed by atoms with Crippen molar-refractivity contribution in [3.05, 3.63) is 88.9 Å². The Morgan fingerprint density at radius 1 is 0.786 bits per heavy atom. The van der Waals surface area contributed by atoms with Gasteiger partial charge >= 0.3 is 0 Å². The monoisotopic (exact) mass is 385 g/mol. The van der Waals surface area contributed by atoms with E-state index in [2.05, 4.69) is 0 Å². The molecule has 0 bridgehead atoms. The number of benzene rings is 3. The Balaban J connectivity index is 1.83. The summed E-state index contributed by atoms with van der Waals surface area (Å²) in [5.74, 6) is 0.387. The first kappa shape index (κ1) is 16.8. The molecule has 2 N–H and O–H groups in total. The number of halogens is 1. The van der Waals surface area contributed by atoms with Gasteiger partial charge in [-0.1, -0.05) is 48.0 Å². The Hall–Kier alpha value is -3.30. The standard InChI is InChI=1S/C24H16ClNO2/c25-16-7-3-5-14(11-16)18-13-20(17-8-1-2-9-21(17)27)26-24-19(18)12-15-6-4-10-22(28)23(15)24/h1-11,13,27-28H,12H2. The van der Waals surface area contributed by atoms with E-state index in [9.17, 15) is 10.2 Å². The van der Waals surface area contributed by atoms with Crippen LogP contribution in [0, 0.1) is 0 Å². The van der Waals surface area contributed by atoms with Gasteiger partial charge in [-0.2, -0.15) is 0 Å². The van der Waals surface area contributed by atoms with Crippen LogP contribution in [0.5, 0.6) is 11.5 Å². The van der Waals surface area contributed by atoms with E-state index in [4.69, 9.17) is 16.6 Å². The molecule has 0 spiro atoms. The van der Waals surface area contributed by atoms with Gasteiger partial charge in [0.05, 0.1) is 11.4 Å². The van der Waals surface area contributed by atoms with Gasteiger partial charge in [0.2, 0.25) is 0 Å². The average molecular weight is 386 g/mol. The fraction of sp³-hybridized carbons (Fsp3) is 0.0417. The van der Waals surface area contributed by atoms with Gasteiger partial charge < -0.3 is 10.2 Å². The topological polar surface area (TPSA) is 53.4 Å². The number of nitrogens with zero attached hydrogens (tertiary/aromatic N) is 1. The first-order valence-corrected chi connectivity index (χ1v) is 9.39. The van der Waals surface area contributed by atoms with Crippen LogP contribution in [0.2, 0.25) is 5.02 Å². The Kier molecular flexibility index (Phi) is 3.85. The summed E-state index contributed by atoms with van der Waals surface area (Å²) >= 11 is 6.25. The summed E-state index contributed by atoms with van der Waals surface area (Å²) in [5, 5.41) is 21.5. The Bertz CT molecular complexity index is 1230. The van der Waals surface area contributed by atoms with Crippen LogP contribution in [0.1, 0.15) is 11.1 Å². The minimum atomic E-state index is 0.169. The van der Waals surface area contributed by atoms with Gasteiger partial charge in [-0.25, -0.2) is 4.98 Å². The number of phenolic OH excluding ortho intramolecular Hbond substituents is 2. The van der Waals surface area contributed by atoms with Crippen LogP contribution in [0.3, 0.4) is 0 Å². The second kappa shape index (κ2) is 6.39. The minimum absolute atomic E-state index is 0.169. The minimum Gasteiger partial charge on any atom is -0.507 e. The molecular formula is C24H16ClNO2. The number of pyridine rings is 1. The lowest BCUT2D eigenvalue weighted by molar-refractivity contribution is 0.477. The lowest BCUT2D eigenvalue weighted by Crippen LogP contribution is -1.95. The highest BCUT2D eigenvalue weighted by atomic mass is 35.5. The Labute approximate surface area is 167 Å². The molecule has 0 atom stereocenters. The highest BCUT2D eigenvalue weighted by Gasteiger charge is 2.27. The predicted molar refractivity (Wildman–Crippen MR) is 112 cm³/mol. The fourth-order valence-electron chi connectivity index (χ4n) is 3.90. The second-order valence-electron chi connectivity index (χ2n) is 6.90. The third-order valence-electron chi connectivity index (χ3n) is 5.17.